The van der Waals surface area contributed by atoms with Gasteiger partial charge in [0, 0.05) is 24.5 Å². The molecule has 3 heteroatoms. The molecule has 1 N–H and O–H groups in total. The van der Waals surface area contributed by atoms with Crippen molar-refractivity contribution in [1.29, 1.82) is 0 Å². The van der Waals surface area contributed by atoms with Gasteiger partial charge in [-0.25, -0.2) is 4.99 Å². The molecule has 1 aromatic carbocycles. The molecule has 1 aromatic heterocycles. The van der Waals surface area contributed by atoms with E-state index in [1.54, 1.807) is 0 Å². The highest BCUT2D eigenvalue weighted by Gasteiger charge is 2.23. The Morgan fingerprint density at radius 3 is 2.88 bits per heavy atom. The molecule has 2 aromatic rings. The van der Waals surface area contributed by atoms with Crippen molar-refractivity contribution in [3.05, 3.63) is 53.9 Å². The molecule has 0 aliphatic carbocycles. The molecule has 3 rings (SSSR count). The van der Waals surface area contributed by atoms with Crippen LogP contribution in [0.2, 0.25) is 0 Å². The normalized spacial score (nSPS) is 18.6. The SMILES string of the molecule is CN1C=Nc2ccccc2C1c1ccc[nH]1. The van der Waals surface area contributed by atoms with Gasteiger partial charge in [0.1, 0.15) is 0 Å². The van der Waals surface area contributed by atoms with E-state index in [0.717, 1.165) is 5.69 Å². The van der Waals surface area contributed by atoms with Gasteiger partial charge in [0.25, 0.3) is 0 Å². The zero-order valence-corrected chi connectivity index (χ0v) is 9.09. The van der Waals surface area contributed by atoms with E-state index in [0.29, 0.717) is 0 Å². The third-order valence-corrected chi connectivity index (χ3v) is 2.93. The zero-order chi connectivity index (χ0) is 11.0. The molecule has 3 nitrogen and oxygen atoms in total. The van der Waals surface area contributed by atoms with Gasteiger partial charge in [0.2, 0.25) is 0 Å². The average molecular weight is 211 g/mol. The lowest BCUT2D eigenvalue weighted by molar-refractivity contribution is 0.427. The smallest absolute Gasteiger partial charge is 0.0970 e. The van der Waals surface area contributed by atoms with Crippen LogP contribution < -0.4 is 0 Å². The summed E-state index contributed by atoms with van der Waals surface area (Å²) in [5.74, 6) is 0. The molecular formula is C13H13N3. The Labute approximate surface area is 94.4 Å². The molecule has 16 heavy (non-hydrogen) atoms. The first kappa shape index (κ1) is 9.21. The summed E-state index contributed by atoms with van der Waals surface area (Å²) in [7, 11) is 2.05. The molecule has 0 radical (unpaired) electrons. The number of aromatic amines is 1. The highest BCUT2D eigenvalue weighted by Crippen LogP contribution is 2.35. The fourth-order valence-corrected chi connectivity index (χ4v) is 2.18. The number of H-pyrrole nitrogens is 1. The van der Waals surface area contributed by atoms with E-state index in [1.807, 2.05) is 31.7 Å². The van der Waals surface area contributed by atoms with E-state index in [9.17, 15) is 0 Å². The van der Waals surface area contributed by atoms with Gasteiger partial charge in [-0.15, -0.1) is 0 Å². The Morgan fingerprint density at radius 2 is 2.06 bits per heavy atom. The maximum absolute atomic E-state index is 4.42. The predicted molar refractivity (Wildman–Crippen MR) is 65.0 cm³/mol. The second kappa shape index (κ2) is 3.52. The lowest BCUT2D eigenvalue weighted by atomic mass is 10.00. The number of nitrogens with one attached hydrogen (secondary N) is 1. The number of aromatic nitrogens is 1. The number of benzene rings is 1. The van der Waals surface area contributed by atoms with E-state index in [-0.39, 0.29) is 6.04 Å². The molecule has 1 atom stereocenters. The summed E-state index contributed by atoms with van der Waals surface area (Å²) in [4.78, 5) is 9.82. The van der Waals surface area contributed by atoms with E-state index in [1.165, 1.54) is 11.3 Å². The van der Waals surface area contributed by atoms with Crippen LogP contribution in [0.5, 0.6) is 0 Å². The minimum atomic E-state index is 0.240. The van der Waals surface area contributed by atoms with Crippen LogP contribution in [0, 0.1) is 0 Å². The summed E-state index contributed by atoms with van der Waals surface area (Å²) in [5, 5.41) is 0. The van der Waals surface area contributed by atoms with Crippen LogP contribution in [0.3, 0.4) is 0 Å². The Kier molecular flexibility index (Phi) is 2.03. The van der Waals surface area contributed by atoms with Gasteiger partial charge in [-0.3, -0.25) is 0 Å². The van der Waals surface area contributed by atoms with Gasteiger partial charge in [-0.05, 0) is 18.2 Å². The maximum atomic E-state index is 4.42. The molecule has 1 aliphatic heterocycles. The fraction of sp³-hybridized carbons (Fsp3) is 0.154. The highest BCUT2D eigenvalue weighted by molar-refractivity contribution is 5.69. The van der Waals surface area contributed by atoms with E-state index in [4.69, 9.17) is 0 Å². The summed E-state index contributed by atoms with van der Waals surface area (Å²) in [6.07, 6.45) is 3.84. The van der Waals surface area contributed by atoms with Gasteiger partial charge in [-0.2, -0.15) is 0 Å². The molecule has 2 heterocycles. The van der Waals surface area contributed by atoms with Gasteiger partial charge in [0.05, 0.1) is 18.1 Å². The molecule has 0 amide bonds. The monoisotopic (exact) mass is 211 g/mol. The number of nitrogens with zero attached hydrogens (tertiary/aromatic N) is 2. The average Bonchev–Trinajstić information content (AvgIpc) is 2.82. The second-order valence-electron chi connectivity index (χ2n) is 4.00. The molecule has 0 spiro atoms. The Bertz CT molecular complexity index is 514. The minimum absolute atomic E-state index is 0.240. The number of aliphatic imine (C=N–C) groups is 1. The quantitative estimate of drug-likeness (QED) is 0.772. The van der Waals surface area contributed by atoms with Gasteiger partial charge >= 0.3 is 0 Å². The van der Waals surface area contributed by atoms with E-state index < -0.39 is 0 Å². The number of para-hydroxylation sites is 1. The molecule has 0 bridgehead atoms. The van der Waals surface area contributed by atoms with Gasteiger partial charge < -0.3 is 9.88 Å². The number of hydrogen-bond donors (Lipinski definition) is 1. The molecule has 0 fully saturated rings. The summed E-state index contributed by atoms with van der Waals surface area (Å²) in [6, 6.07) is 12.6. The Morgan fingerprint density at radius 1 is 1.19 bits per heavy atom. The molecule has 80 valence electrons. The molecule has 0 saturated carbocycles. The molecule has 1 unspecified atom stereocenters. The maximum Gasteiger partial charge on any atom is 0.0970 e. The Hall–Kier alpha value is -2.03. The van der Waals surface area contributed by atoms with Crippen LogP contribution in [0.4, 0.5) is 5.69 Å². The zero-order valence-electron chi connectivity index (χ0n) is 9.09. The summed E-state index contributed by atoms with van der Waals surface area (Å²) >= 11 is 0. The van der Waals surface area contributed by atoms with Crippen LogP contribution in [-0.2, 0) is 0 Å². The molecule has 1 aliphatic rings. The Balaban J connectivity index is 2.14. The van der Waals surface area contributed by atoms with Crippen molar-refractivity contribution >= 4 is 12.0 Å². The third-order valence-electron chi connectivity index (χ3n) is 2.93. The number of rotatable bonds is 1. The van der Waals surface area contributed by atoms with Crippen molar-refractivity contribution in [1.82, 2.24) is 9.88 Å². The second-order valence-corrected chi connectivity index (χ2v) is 4.00. The number of fused-ring (bicyclic) bond motifs is 1. The van der Waals surface area contributed by atoms with E-state index >= 15 is 0 Å². The predicted octanol–water partition coefficient (Wildman–Crippen LogP) is 2.71. The van der Waals surface area contributed by atoms with Gasteiger partial charge in [-0.1, -0.05) is 18.2 Å². The van der Waals surface area contributed by atoms with Crippen molar-refractivity contribution in [2.24, 2.45) is 4.99 Å². The summed E-state index contributed by atoms with van der Waals surface area (Å²) < 4.78 is 0. The van der Waals surface area contributed by atoms with Crippen LogP contribution in [0.15, 0.2) is 47.6 Å². The fourth-order valence-electron chi connectivity index (χ4n) is 2.18. The highest BCUT2D eigenvalue weighted by atomic mass is 15.2. The first-order valence-corrected chi connectivity index (χ1v) is 5.34. The lowest BCUT2D eigenvalue weighted by Gasteiger charge is -2.30. The van der Waals surface area contributed by atoms with Crippen molar-refractivity contribution < 1.29 is 0 Å². The van der Waals surface area contributed by atoms with Crippen molar-refractivity contribution in [2.45, 2.75) is 6.04 Å². The van der Waals surface area contributed by atoms with E-state index in [2.05, 4.69) is 39.1 Å². The lowest BCUT2D eigenvalue weighted by Crippen LogP contribution is -2.26. The van der Waals surface area contributed by atoms with Crippen LogP contribution in [0.25, 0.3) is 0 Å². The molecule has 0 saturated heterocycles. The van der Waals surface area contributed by atoms with Crippen molar-refractivity contribution in [2.75, 3.05) is 7.05 Å². The van der Waals surface area contributed by atoms with Crippen molar-refractivity contribution in [3.8, 4) is 0 Å². The first-order chi connectivity index (χ1) is 7.86. The topological polar surface area (TPSA) is 31.4 Å². The molecular weight excluding hydrogens is 198 g/mol. The standard InChI is InChI=1S/C13H13N3/c1-16-9-15-11-6-3-2-5-10(11)13(16)12-7-4-8-14-12/h2-9,13-14H,1H3. The minimum Gasteiger partial charge on any atom is -0.363 e. The number of hydrogen-bond acceptors (Lipinski definition) is 2. The van der Waals surface area contributed by atoms with Crippen LogP contribution in [-0.4, -0.2) is 23.3 Å². The van der Waals surface area contributed by atoms with Gasteiger partial charge in [0.15, 0.2) is 0 Å². The van der Waals surface area contributed by atoms with Crippen molar-refractivity contribution in [3.63, 3.8) is 0 Å². The van der Waals surface area contributed by atoms with Crippen LogP contribution >= 0.6 is 0 Å². The largest absolute Gasteiger partial charge is 0.363 e. The summed E-state index contributed by atoms with van der Waals surface area (Å²) in [5.41, 5.74) is 3.50. The third kappa shape index (κ3) is 1.33. The summed E-state index contributed by atoms with van der Waals surface area (Å²) in [6.45, 7) is 0. The first-order valence-electron chi connectivity index (χ1n) is 5.34. The van der Waals surface area contributed by atoms with Crippen LogP contribution in [0.1, 0.15) is 17.3 Å².